The zero-order valence-corrected chi connectivity index (χ0v) is 19.3. The Morgan fingerprint density at radius 2 is 1.71 bits per heavy atom. The SMILES string of the molecule is N=Cn1nc(N2CCN(C(=O)Cc3ccc(CON(N)c4ccccc4N)cc3)CC2)ccc1=N. The molecule has 1 amide bonds. The van der Waals surface area contributed by atoms with Gasteiger partial charge in [0.05, 0.1) is 12.1 Å². The van der Waals surface area contributed by atoms with Crippen molar-refractivity contribution in [3.05, 3.63) is 77.3 Å². The third-order valence-electron chi connectivity index (χ3n) is 5.85. The Morgan fingerprint density at radius 3 is 2.40 bits per heavy atom. The van der Waals surface area contributed by atoms with E-state index in [1.54, 1.807) is 24.3 Å². The molecule has 1 aliphatic heterocycles. The van der Waals surface area contributed by atoms with Crippen LogP contribution < -0.4 is 27.1 Å². The molecule has 0 unspecified atom stereocenters. The molecular formula is C24H29N9O2. The summed E-state index contributed by atoms with van der Waals surface area (Å²) in [7, 11) is 0. The number of benzene rings is 2. The quantitative estimate of drug-likeness (QED) is 0.125. The predicted octanol–water partition coefficient (Wildman–Crippen LogP) is 1.10. The zero-order valence-electron chi connectivity index (χ0n) is 19.3. The van der Waals surface area contributed by atoms with Gasteiger partial charge in [-0.3, -0.25) is 20.5 Å². The summed E-state index contributed by atoms with van der Waals surface area (Å²) in [5, 5.41) is 20.5. The molecule has 1 fully saturated rings. The molecular weight excluding hydrogens is 446 g/mol. The van der Waals surface area contributed by atoms with Crippen molar-refractivity contribution in [1.29, 1.82) is 10.8 Å². The monoisotopic (exact) mass is 475 g/mol. The maximum absolute atomic E-state index is 12.8. The van der Waals surface area contributed by atoms with Crippen molar-refractivity contribution in [1.82, 2.24) is 14.7 Å². The molecule has 1 saturated heterocycles. The van der Waals surface area contributed by atoms with Crippen LogP contribution in [-0.4, -0.2) is 53.1 Å². The molecule has 182 valence electrons. The van der Waals surface area contributed by atoms with E-state index in [0.717, 1.165) is 22.6 Å². The van der Waals surface area contributed by atoms with Gasteiger partial charge in [-0.05, 0) is 35.4 Å². The number of anilines is 3. The number of nitrogens with one attached hydrogen (secondary N) is 2. The van der Waals surface area contributed by atoms with Crippen molar-refractivity contribution in [2.45, 2.75) is 13.0 Å². The Morgan fingerprint density at radius 1 is 1.03 bits per heavy atom. The molecule has 1 aromatic heterocycles. The number of piperazine rings is 1. The minimum atomic E-state index is 0.0744. The summed E-state index contributed by atoms with van der Waals surface area (Å²) >= 11 is 0. The van der Waals surface area contributed by atoms with Gasteiger partial charge in [-0.2, -0.15) is 5.17 Å². The van der Waals surface area contributed by atoms with Crippen LogP contribution in [0.3, 0.4) is 0 Å². The Balaban J connectivity index is 1.26. The summed E-state index contributed by atoms with van der Waals surface area (Å²) in [6.07, 6.45) is 1.33. The van der Waals surface area contributed by atoms with Gasteiger partial charge in [0.25, 0.3) is 0 Å². The van der Waals surface area contributed by atoms with Crippen LogP contribution in [0, 0.1) is 10.8 Å². The number of rotatable bonds is 8. The van der Waals surface area contributed by atoms with Crippen molar-refractivity contribution in [3.63, 3.8) is 0 Å². The van der Waals surface area contributed by atoms with Gasteiger partial charge in [0.15, 0.2) is 0 Å². The number of aromatic nitrogens is 2. The van der Waals surface area contributed by atoms with E-state index in [-0.39, 0.29) is 18.0 Å². The molecule has 1 aliphatic rings. The molecule has 3 aromatic rings. The lowest BCUT2D eigenvalue weighted by atomic mass is 10.1. The van der Waals surface area contributed by atoms with E-state index < -0.39 is 0 Å². The van der Waals surface area contributed by atoms with Crippen molar-refractivity contribution >= 4 is 29.4 Å². The first-order valence-electron chi connectivity index (χ1n) is 11.2. The van der Waals surface area contributed by atoms with Crippen molar-refractivity contribution in [2.75, 3.05) is 42.0 Å². The average Bonchev–Trinajstić information content (AvgIpc) is 2.89. The second-order valence-electron chi connectivity index (χ2n) is 8.17. The lowest BCUT2D eigenvalue weighted by Crippen LogP contribution is -2.49. The van der Waals surface area contributed by atoms with Crippen LogP contribution in [0.15, 0.2) is 60.7 Å². The highest BCUT2D eigenvalue weighted by Gasteiger charge is 2.22. The highest BCUT2D eigenvalue weighted by Crippen LogP contribution is 2.21. The molecule has 2 aromatic carbocycles. The van der Waals surface area contributed by atoms with Gasteiger partial charge >= 0.3 is 0 Å². The van der Waals surface area contributed by atoms with Crippen molar-refractivity contribution in [3.8, 4) is 0 Å². The Labute approximate surface area is 203 Å². The van der Waals surface area contributed by atoms with Gasteiger partial charge in [-0.15, -0.1) is 5.10 Å². The highest BCUT2D eigenvalue weighted by atomic mass is 16.7. The molecule has 4 rings (SSSR count). The zero-order chi connectivity index (χ0) is 24.8. The number of amides is 1. The normalized spacial score (nSPS) is 13.5. The lowest BCUT2D eigenvalue weighted by Gasteiger charge is -2.35. The van der Waals surface area contributed by atoms with Gasteiger partial charge < -0.3 is 15.5 Å². The lowest BCUT2D eigenvalue weighted by molar-refractivity contribution is -0.130. The number of nitrogens with two attached hydrogens (primary N) is 2. The maximum Gasteiger partial charge on any atom is 0.227 e. The smallest absolute Gasteiger partial charge is 0.227 e. The molecule has 11 nitrogen and oxygen atoms in total. The molecule has 0 saturated carbocycles. The van der Waals surface area contributed by atoms with Crippen LogP contribution in [0.1, 0.15) is 11.1 Å². The fraction of sp³-hybridized carbons (Fsp3) is 0.250. The number of hydrazine groups is 1. The molecule has 0 atom stereocenters. The van der Waals surface area contributed by atoms with Crippen LogP contribution in [0.4, 0.5) is 17.2 Å². The largest absolute Gasteiger partial charge is 0.397 e. The Kier molecular flexibility index (Phi) is 7.38. The molecule has 0 radical (unpaired) electrons. The number of nitrogen functional groups attached to an aromatic ring is 1. The summed E-state index contributed by atoms with van der Waals surface area (Å²) < 4.78 is 1.21. The minimum Gasteiger partial charge on any atom is -0.397 e. The second-order valence-corrected chi connectivity index (χ2v) is 8.17. The number of para-hydroxylation sites is 2. The highest BCUT2D eigenvalue weighted by molar-refractivity contribution is 5.79. The fourth-order valence-electron chi connectivity index (χ4n) is 3.82. The summed E-state index contributed by atoms with van der Waals surface area (Å²) in [6.45, 7) is 2.75. The summed E-state index contributed by atoms with van der Waals surface area (Å²) in [5.74, 6) is 6.71. The first-order valence-corrected chi connectivity index (χ1v) is 11.2. The molecule has 35 heavy (non-hydrogen) atoms. The van der Waals surface area contributed by atoms with E-state index in [0.29, 0.717) is 49.8 Å². The standard InChI is InChI=1S/C24H29N9O2/c25-17-32-22(27)9-10-23(29-32)30-11-13-31(14-12-30)24(34)15-18-5-7-19(8-6-18)16-35-33(28)21-4-2-1-3-20(21)26/h1-10,17,25,27H,11-16,26,28H2. The fourth-order valence-corrected chi connectivity index (χ4v) is 3.82. The Bertz CT molecular complexity index is 1230. The molecule has 11 heteroatoms. The van der Waals surface area contributed by atoms with Crippen molar-refractivity contribution in [2.24, 2.45) is 5.84 Å². The van der Waals surface area contributed by atoms with Gasteiger partial charge in [0.2, 0.25) is 5.91 Å². The Hall–Kier alpha value is -4.22. The van der Waals surface area contributed by atoms with E-state index >= 15 is 0 Å². The van der Waals surface area contributed by atoms with Gasteiger partial charge in [0, 0.05) is 26.2 Å². The predicted molar refractivity (Wildman–Crippen MR) is 134 cm³/mol. The van der Waals surface area contributed by atoms with Crippen molar-refractivity contribution < 1.29 is 9.63 Å². The van der Waals surface area contributed by atoms with E-state index in [1.807, 2.05) is 41.3 Å². The third kappa shape index (κ3) is 5.83. The molecule has 0 bridgehead atoms. The van der Waals surface area contributed by atoms with Crippen LogP contribution in [-0.2, 0) is 22.7 Å². The van der Waals surface area contributed by atoms with E-state index in [2.05, 4.69) is 10.00 Å². The average molecular weight is 476 g/mol. The summed E-state index contributed by atoms with van der Waals surface area (Å²) in [6, 6.07) is 18.3. The number of nitrogens with zero attached hydrogens (tertiary/aromatic N) is 5. The van der Waals surface area contributed by atoms with Crippen LogP contribution in [0.5, 0.6) is 0 Å². The van der Waals surface area contributed by atoms with Gasteiger partial charge in [-0.25, -0.2) is 10.5 Å². The second kappa shape index (κ2) is 10.8. The van der Waals surface area contributed by atoms with Crippen LogP contribution in [0.25, 0.3) is 0 Å². The molecule has 2 heterocycles. The maximum atomic E-state index is 12.8. The molecule has 6 N–H and O–H groups in total. The first-order chi connectivity index (χ1) is 16.9. The molecule has 0 spiro atoms. The third-order valence-corrected chi connectivity index (χ3v) is 5.85. The van der Waals surface area contributed by atoms with E-state index in [4.69, 9.17) is 27.2 Å². The number of carbonyl (C=O) groups excluding carboxylic acids is 1. The topological polar surface area (TPSA) is 154 Å². The molecule has 0 aliphatic carbocycles. The van der Waals surface area contributed by atoms with E-state index in [1.165, 1.54) is 4.68 Å². The first kappa shape index (κ1) is 23.9. The number of hydrogen-bond donors (Lipinski definition) is 4. The summed E-state index contributed by atoms with van der Waals surface area (Å²) in [5.41, 5.74) is 9.04. The van der Waals surface area contributed by atoms with Gasteiger partial charge in [0.1, 0.15) is 29.9 Å². The van der Waals surface area contributed by atoms with Gasteiger partial charge in [-0.1, -0.05) is 36.4 Å². The number of carbonyl (C=O) groups is 1. The summed E-state index contributed by atoms with van der Waals surface area (Å²) in [4.78, 5) is 22.3. The number of hydrogen-bond acceptors (Lipinski definition) is 9. The van der Waals surface area contributed by atoms with Crippen LogP contribution >= 0.6 is 0 Å². The minimum absolute atomic E-state index is 0.0744. The van der Waals surface area contributed by atoms with Crippen LogP contribution in [0.2, 0.25) is 0 Å². The van der Waals surface area contributed by atoms with E-state index in [9.17, 15) is 4.79 Å².